The van der Waals surface area contributed by atoms with Crippen molar-refractivity contribution in [1.29, 1.82) is 0 Å². The van der Waals surface area contributed by atoms with Gasteiger partial charge in [-0.1, -0.05) is 79.0 Å². The predicted octanol–water partition coefficient (Wildman–Crippen LogP) is 7.13. The third kappa shape index (κ3) is 7.10. The van der Waals surface area contributed by atoms with Crippen LogP contribution in [0.25, 0.3) is 16.9 Å². The molecule has 0 saturated carbocycles. The molecule has 2 N–H and O–H groups in total. The van der Waals surface area contributed by atoms with Gasteiger partial charge in [0.1, 0.15) is 18.1 Å². The van der Waals surface area contributed by atoms with E-state index in [1.807, 2.05) is 43.3 Å². The first-order valence-corrected chi connectivity index (χ1v) is 13.2. The van der Waals surface area contributed by atoms with Crippen LogP contribution >= 0.6 is 23.2 Å². The first-order chi connectivity index (χ1) is 18.9. The zero-order valence-electron chi connectivity index (χ0n) is 21.7. The molecule has 0 unspecified atom stereocenters. The Balaban J connectivity index is 1.58. The minimum Gasteiger partial charge on any atom is -0.495 e. The van der Waals surface area contributed by atoms with E-state index in [9.17, 15) is 9.59 Å². The summed E-state index contributed by atoms with van der Waals surface area (Å²) in [5, 5.41) is 11.3. The SMILES string of the molecule is CCCCN(CC(=O)Nc1cc(-c2ccccc2)nn1-c1ccc(Cl)c(Cl)c1)C(=O)Nc1ccccc1OC. The number of urea groups is 1. The number of anilines is 2. The third-order valence-electron chi connectivity index (χ3n) is 5.95. The van der Waals surface area contributed by atoms with Crippen molar-refractivity contribution in [3.05, 3.63) is 88.9 Å². The first-order valence-electron chi connectivity index (χ1n) is 12.5. The van der Waals surface area contributed by atoms with Gasteiger partial charge in [0, 0.05) is 18.2 Å². The summed E-state index contributed by atoms with van der Waals surface area (Å²) in [5.74, 6) is 0.588. The summed E-state index contributed by atoms with van der Waals surface area (Å²) < 4.78 is 6.93. The maximum absolute atomic E-state index is 13.3. The normalized spacial score (nSPS) is 10.7. The zero-order chi connectivity index (χ0) is 27.8. The molecule has 3 aromatic carbocycles. The number of rotatable bonds is 10. The summed E-state index contributed by atoms with van der Waals surface area (Å²) in [6, 6.07) is 23.2. The summed E-state index contributed by atoms with van der Waals surface area (Å²) in [6.45, 7) is 2.28. The van der Waals surface area contributed by atoms with E-state index in [0.29, 0.717) is 45.2 Å². The van der Waals surface area contributed by atoms with Crippen molar-refractivity contribution in [2.24, 2.45) is 0 Å². The van der Waals surface area contributed by atoms with Gasteiger partial charge in [-0.3, -0.25) is 4.79 Å². The summed E-state index contributed by atoms with van der Waals surface area (Å²) in [5.41, 5.74) is 2.69. The van der Waals surface area contributed by atoms with Crippen LogP contribution in [0.5, 0.6) is 5.75 Å². The van der Waals surface area contributed by atoms with Crippen molar-refractivity contribution >= 4 is 46.6 Å². The van der Waals surface area contributed by atoms with Gasteiger partial charge in [0.15, 0.2) is 0 Å². The van der Waals surface area contributed by atoms with Crippen molar-refractivity contribution in [3.8, 4) is 22.7 Å². The molecule has 1 heterocycles. The fourth-order valence-electron chi connectivity index (χ4n) is 3.93. The molecule has 0 radical (unpaired) electrons. The van der Waals surface area contributed by atoms with E-state index in [1.54, 1.807) is 47.1 Å². The van der Waals surface area contributed by atoms with Crippen LogP contribution in [0.3, 0.4) is 0 Å². The van der Waals surface area contributed by atoms with Crippen LogP contribution in [0.1, 0.15) is 19.8 Å². The number of aromatic nitrogens is 2. The minimum atomic E-state index is -0.397. The Labute approximate surface area is 237 Å². The Hall–Kier alpha value is -4.01. The summed E-state index contributed by atoms with van der Waals surface area (Å²) in [4.78, 5) is 27.9. The summed E-state index contributed by atoms with van der Waals surface area (Å²) >= 11 is 12.4. The minimum absolute atomic E-state index is 0.159. The van der Waals surface area contributed by atoms with E-state index < -0.39 is 6.03 Å². The highest BCUT2D eigenvalue weighted by atomic mass is 35.5. The van der Waals surface area contributed by atoms with Crippen molar-refractivity contribution in [2.45, 2.75) is 19.8 Å². The number of nitrogens with one attached hydrogen (secondary N) is 2. The number of carbonyl (C=O) groups excluding carboxylic acids is 2. The Kier molecular flexibility index (Phi) is 9.46. The number of halogens is 2. The van der Waals surface area contributed by atoms with E-state index >= 15 is 0 Å². The van der Waals surface area contributed by atoms with Crippen molar-refractivity contribution in [3.63, 3.8) is 0 Å². The molecule has 0 bridgehead atoms. The molecule has 10 heteroatoms. The number of hydrogen-bond donors (Lipinski definition) is 2. The summed E-state index contributed by atoms with van der Waals surface area (Å²) in [6.07, 6.45) is 1.61. The standard InChI is InChI=1S/C29H29Cl2N5O3/c1-3-4-16-35(29(38)32-24-12-8-9-13-26(24)39-2)19-28(37)33-27-18-25(20-10-6-5-7-11-20)34-36(27)21-14-15-22(30)23(31)17-21/h5-15,17-18H,3-4,16,19H2,1-2H3,(H,32,38)(H,33,37). The maximum Gasteiger partial charge on any atom is 0.322 e. The largest absolute Gasteiger partial charge is 0.495 e. The van der Waals surface area contributed by atoms with Gasteiger partial charge in [0.2, 0.25) is 5.91 Å². The lowest BCUT2D eigenvalue weighted by atomic mass is 10.1. The maximum atomic E-state index is 13.3. The number of amides is 3. The van der Waals surface area contributed by atoms with Crippen LogP contribution in [0.4, 0.5) is 16.3 Å². The quantitative estimate of drug-likeness (QED) is 0.214. The highest BCUT2D eigenvalue weighted by molar-refractivity contribution is 6.42. The molecule has 0 aliphatic heterocycles. The van der Waals surface area contributed by atoms with Gasteiger partial charge in [0.05, 0.1) is 34.2 Å². The molecular weight excluding hydrogens is 537 g/mol. The molecule has 0 aliphatic carbocycles. The van der Waals surface area contributed by atoms with E-state index in [-0.39, 0.29) is 12.5 Å². The van der Waals surface area contributed by atoms with Gasteiger partial charge in [-0.25, -0.2) is 9.48 Å². The van der Waals surface area contributed by atoms with Crippen molar-refractivity contribution < 1.29 is 14.3 Å². The van der Waals surface area contributed by atoms with Gasteiger partial charge in [-0.05, 0) is 36.8 Å². The van der Waals surface area contributed by atoms with Gasteiger partial charge in [-0.2, -0.15) is 5.10 Å². The van der Waals surface area contributed by atoms with E-state index in [2.05, 4.69) is 10.6 Å². The second-order valence-corrected chi connectivity index (χ2v) is 9.56. The molecule has 0 spiro atoms. The topological polar surface area (TPSA) is 88.5 Å². The molecule has 0 fully saturated rings. The number of benzene rings is 3. The lowest BCUT2D eigenvalue weighted by Crippen LogP contribution is -2.41. The van der Waals surface area contributed by atoms with Crippen LogP contribution < -0.4 is 15.4 Å². The molecule has 4 rings (SSSR count). The molecule has 0 aliphatic rings. The Morgan fingerprint density at radius 3 is 2.41 bits per heavy atom. The summed E-state index contributed by atoms with van der Waals surface area (Å²) in [7, 11) is 1.54. The average Bonchev–Trinajstić information content (AvgIpc) is 3.36. The third-order valence-corrected chi connectivity index (χ3v) is 6.69. The van der Waals surface area contributed by atoms with Gasteiger partial charge < -0.3 is 20.3 Å². The van der Waals surface area contributed by atoms with Crippen LogP contribution in [0.15, 0.2) is 78.9 Å². The second kappa shape index (κ2) is 13.2. The smallest absolute Gasteiger partial charge is 0.322 e. The number of nitrogens with zero attached hydrogens (tertiary/aromatic N) is 3. The Bertz CT molecular complexity index is 1440. The van der Waals surface area contributed by atoms with Crippen molar-refractivity contribution in [2.75, 3.05) is 30.8 Å². The lowest BCUT2D eigenvalue weighted by Gasteiger charge is -2.23. The van der Waals surface area contributed by atoms with Crippen molar-refractivity contribution in [1.82, 2.24) is 14.7 Å². The zero-order valence-corrected chi connectivity index (χ0v) is 23.2. The molecule has 202 valence electrons. The number of unbranched alkanes of at least 4 members (excludes halogenated alkanes) is 1. The second-order valence-electron chi connectivity index (χ2n) is 8.74. The number of methoxy groups -OCH3 is 1. The van der Waals surface area contributed by atoms with Gasteiger partial charge >= 0.3 is 6.03 Å². The van der Waals surface area contributed by atoms with Gasteiger partial charge in [0.25, 0.3) is 0 Å². The van der Waals surface area contributed by atoms with Crippen LogP contribution in [0.2, 0.25) is 10.0 Å². The van der Waals surface area contributed by atoms with Crippen LogP contribution in [-0.2, 0) is 4.79 Å². The molecular formula is C29H29Cl2N5O3. The predicted molar refractivity (Wildman–Crippen MR) is 156 cm³/mol. The number of ether oxygens (including phenoxy) is 1. The lowest BCUT2D eigenvalue weighted by molar-refractivity contribution is -0.116. The van der Waals surface area contributed by atoms with E-state index in [0.717, 1.165) is 18.4 Å². The number of carbonyl (C=O) groups is 2. The monoisotopic (exact) mass is 565 g/mol. The highest BCUT2D eigenvalue weighted by Gasteiger charge is 2.20. The van der Waals surface area contributed by atoms with E-state index in [4.69, 9.17) is 33.0 Å². The Morgan fingerprint density at radius 2 is 1.69 bits per heavy atom. The molecule has 0 atom stereocenters. The number of para-hydroxylation sites is 2. The molecule has 39 heavy (non-hydrogen) atoms. The first kappa shape index (κ1) is 28.0. The molecule has 0 saturated heterocycles. The van der Waals surface area contributed by atoms with Gasteiger partial charge in [-0.15, -0.1) is 0 Å². The molecule has 1 aromatic heterocycles. The fraction of sp³-hybridized carbons (Fsp3) is 0.207. The van der Waals surface area contributed by atoms with Crippen LogP contribution in [0, 0.1) is 0 Å². The molecule has 8 nitrogen and oxygen atoms in total. The fourth-order valence-corrected chi connectivity index (χ4v) is 4.23. The molecule has 4 aromatic rings. The molecule has 3 amide bonds. The number of hydrogen-bond acceptors (Lipinski definition) is 4. The average molecular weight is 566 g/mol. The Morgan fingerprint density at radius 1 is 0.949 bits per heavy atom. The highest BCUT2D eigenvalue weighted by Crippen LogP contribution is 2.29. The van der Waals surface area contributed by atoms with E-state index in [1.165, 1.54) is 12.0 Å². The van der Waals surface area contributed by atoms with Crippen LogP contribution in [-0.4, -0.2) is 46.8 Å².